The van der Waals surface area contributed by atoms with E-state index in [0.717, 1.165) is 5.69 Å². The molecule has 0 saturated carbocycles. The summed E-state index contributed by atoms with van der Waals surface area (Å²) in [4.78, 5) is 24.0. The van der Waals surface area contributed by atoms with Crippen LogP contribution in [-0.4, -0.2) is 31.1 Å². The monoisotopic (exact) mass is 336 g/mol. The summed E-state index contributed by atoms with van der Waals surface area (Å²) in [6, 6.07) is 8.52. The molecule has 0 bridgehead atoms. The first kappa shape index (κ1) is 16.1. The van der Waals surface area contributed by atoms with Gasteiger partial charge in [0, 0.05) is 18.5 Å². The zero-order chi connectivity index (χ0) is 17.6. The summed E-state index contributed by atoms with van der Waals surface area (Å²) in [6.45, 7) is 0.294. The Morgan fingerprint density at radius 3 is 2.96 bits per heavy atom. The Kier molecular flexibility index (Phi) is 4.62. The van der Waals surface area contributed by atoms with Crippen molar-refractivity contribution in [2.45, 2.75) is 13.0 Å². The van der Waals surface area contributed by atoms with E-state index in [1.54, 1.807) is 18.3 Å². The lowest BCUT2D eigenvalue weighted by Crippen LogP contribution is -2.25. The van der Waals surface area contributed by atoms with Gasteiger partial charge in [-0.05, 0) is 12.1 Å². The Morgan fingerprint density at radius 1 is 1.36 bits per heavy atom. The Morgan fingerprint density at radius 2 is 2.24 bits per heavy atom. The van der Waals surface area contributed by atoms with Crippen LogP contribution in [0.5, 0.6) is 5.75 Å². The summed E-state index contributed by atoms with van der Waals surface area (Å²) < 4.78 is 5.01. The summed E-state index contributed by atoms with van der Waals surface area (Å²) in [6.07, 6.45) is 2.83. The molecule has 3 aromatic heterocycles. The summed E-state index contributed by atoms with van der Waals surface area (Å²) in [7, 11) is 0. The molecule has 0 unspecified atom stereocenters. The van der Waals surface area contributed by atoms with Crippen LogP contribution < -0.4 is 5.32 Å². The van der Waals surface area contributed by atoms with Crippen molar-refractivity contribution in [1.82, 2.24) is 25.4 Å². The summed E-state index contributed by atoms with van der Waals surface area (Å²) in [5.41, 5.74) is 0.984. The van der Waals surface area contributed by atoms with Gasteiger partial charge in [0.1, 0.15) is 11.8 Å². The molecular weight excluding hydrogens is 324 g/mol. The van der Waals surface area contributed by atoms with E-state index in [1.807, 2.05) is 12.1 Å². The van der Waals surface area contributed by atoms with Crippen LogP contribution in [0.25, 0.3) is 11.6 Å². The molecule has 0 aliphatic carbocycles. The number of hydrogen-bond acceptors (Lipinski definition) is 8. The van der Waals surface area contributed by atoms with Gasteiger partial charge >= 0.3 is 0 Å². The topological polar surface area (TPSA) is 138 Å². The molecule has 124 valence electrons. The lowest BCUT2D eigenvalue weighted by atomic mass is 10.2. The summed E-state index contributed by atoms with van der Waals surface area (Å²) in [5, 5.41) is 25.0. The second kappa shape index (κ2) is 7.18. The Balaban J connectivity index is 1.63. The second-order valence-electron chi connectivity index (χ2n) is 4.99. The average molecular weight is 336 g/mol. The van der Waals surface area contributed by atoms with Crippen LogP contribution in [0.4, 0.5) is 0 Å². The first-order chi connectivity index (χ1) is 12.2. The third-order valence-electron chi connectivity index (χ3n) is 3.18. The Hall–Kier alpha value is -3.80. The van der Waals surface area contributed by atoms with Crippen LogP contribution in [0.15, 0.2) is 41.2 Å². The van der Waals surface area contributed by atoms with E-state index in [4.69, 9.17) is 9.78 Å². The van der Waals surface area contributed by atoms with Crippen LogP contribution in [-0.2, 0) is 17.8 Å². The molecule has 0 aromatic carbocycles. The molecule has 9 heteroatoms. The number of carbonyl (C=O) groups excluding carboxylic acids is 1. The minimum absolute atomic E-state index is 0.0329. The zero-order valence-corrected chi connectivity index (χ0v) is 12.9. The van der Waals surface area contributed by atoms with Crippen LogP contribution in [0.3, 0.4) is 0 Å². The molecule has 2 N–H and O–H groups in total. The number of rotatable bonds is 5. The van der Waals surface area contributed by atoms with E-state index in [0.29, 0.717) is 6.54 Å². The third-order valence-corrected chi connectivity index (χ3v) is 3.18. The molecule has 0 atom stereocenters. The van der Waals surface area contributed by atoms with Gasteiger partial charge in [0.25, 0.3) is 5.89 Å². The van der Waals surface area contributed by atoms with Crippen LogP contribution in [0, 0.1) is 11.3 Å². The predicted molar refractivity (Wildman–Crippen MR) is 83.7 cm³/mol. The number of carbonyl (C=O) groups is 1. The molecule has 25 heavy (non-hydrogen) atoms. The molecule has 0 saturated heterocycles. The lowest BCUT2D eigenvalue weighted by Gasteiger charge is -2.02. The molecular formula is C16H12N6O3. The van der Waals surface area contributed by atoms with E-state index in [9.17, 15) is 9.90 Å². The van der Waals surface area contributed by atoms with Crippen molar-refractivity contribution in [2.75, 3.05) is 0 Å². The van der Waals surface area contributed by atoms with E-state index >= 15 is 0 Å². The smallest absolute Gasteiger partial charge is 0.280 e. The van der Waals surface area contributed by atoms with Crippen molar-refractivity contribution in [1.29, 1.82) is 5.26 Å². The van der Waals surface area contributed by atoms with Crippen molar-refractivity contribution in [3.8, 4) is 23.4 Å². The van der Waals surface area contributed by atoms with Gasteiger partial charge in [-0.2, -0.15) is 10.2 Å². The number of nitriles is 1. The second-order valence-corrected chi connectivity index (χ2v) is 4.99. The highest BCUT2D eigenvalue weighted by molar-refractivity contribution is 5.77. The third kappa shape index (κ3) is 3.94. The molecule has 3 aromatic rings. The number of nitrogens with zero attached hydrogens (tertiary/aromatic N) is 5. The normalized spacial score (nSPS) is 10.2. The van der Waals surface area contributed by atoms with Crippen LogP contribution in [0.2, 0.25) is 0 Å². The highest BCUT2D eigenvalue weighted by Gasteiger charge is 2.16. The van der Waals surface area contributed by atoms with Gasteiger partial charge in [0.15, 0.2) is 11.5 Å². The quantitative estimate of drug-likeness (QED) is 0.702. The number of amides is 1. The van der Waals surface area contributed by atoms with Gasteiger partial charge < -0.3 is 14.9 Å². The maximum atomic E-state index is 11.9. The lowest BCUT2D eigenvalue weighted by molar-refractivity contribution is -0.120. The van der Waals surface area contributed by atoms with Crippen molar-refractivity contribution < 1.29 is 14.4 Å². The number of hydrogen-bond donors (Lipinski definition) is 2. The largest absolute Gasteiger partial charge is 0.505 e. The Bertz CT molecular complexity index is 933. The van der Waals surface area contributed by atoms with Gasteiger partial charge in [-0.3, -0.25) is 9.78 Å². The molecule has 9 nitrogen and oxygen atoms in total. The van der Waals surface area contributed by atoms with E-state index in [1.165, 1.54) is 12.3 Å². The van der Waals surface area contributed by atoms with Gasteiger partial charge in [0.2, 0.25) is 5.91 Å². The molecule has 0 fully saturated rings. The summed E-state index contributed by atoms with van der Waals surface area (Å²) >= 11 is 0. The van der Waals surface area contributed by atoms with E-state index in [2.05, 4.69) is 25.4 Å². The van der Waals surface area contributed by atoms with Crippen molar-refractivity contribution in [3.05, 3.63) is 53.7 Å². The fourth-order valence-corrected chi connectivity index (χ4v) is 2.00. The van der Waals surface area contributed by atoms with Crippen LogP contribution >= 0.6 is 0 Å². The highest BCUT2D eigenvalue weighted by atomic mass is 16.5. The molecule has 0 radical (unpaired) electrons. The standard InChI is InChI=1S/C16H12N6O3/c17-7-10-5-12(23)15(20-8-10)16-21-13(22-25-16)6-14(24)19-9-11-3-1-2-4-18-11/h1-5,8,23H,6,9H2,(H,19,24). The molecule has 3 rings (SSSR count). The fraction of sp³-hybridized carbons (Fsp3) is 0.125. The van der Waals surface area contributed by atoms with Gasteiger partial charge in [-0.25, -0.2) is 4.98 Å². The van der Waals surface area contributed by atoms with Gasteiger partial charge in [-0.15, -0.1) is 0 Å². The maximum absolute atomic E-state index is 11.9. The minimum atomic E-state index is -0.296. The SMILES string of the molecule is N#Cc1cnc(-c2nc(CC(=O)NCc3ccccn3)no2)c(O)c1. The number of aromatic nitrogens is 4. The fourth-order valence-electron chi connectivity index (χ4n) is 2.00. The van der Waals surface area contributed by atoms with E-state index in [-0.39, 0.29) is 41.1 Å². The summed E-state index contributed by atoms with van der Waals surface area (Å²) in [5.74, 6) is -0.433. The molecule has 1 amide bonds. The number of nitrogens with one attached hydrogen (secondary N) is 1. The molecule has 3 heterocycles. The van der Waals surface area contributed by atoms with Gasteiger partial charge in [0.05, 0.1) is 24.2 Å². The van der Waals surface area contributed by atoms with Crippen LogP contribution in [0.1, 0.15) is 17.1 Å². The molecule has 0 aliphatic heterocycles. The minimum Gasteiger partial charge on any atom is -0.505 e. The molecule has 0 spiro atoms. The van der Waals surface area contributed by atoms with Gasteiger partial charge in [-0.1, -0.05) is 11.2 Å². The number of aromatic hydroxyl groups is 1. The first-order valence-corrected chi connectivity index (χ1v) is 7.24. The maximum Gasteiger partial charge on any atom is 0.280 e. The molecule has 0 aliphatic rings. The number of pyridine rings is 2. The van der Waals surface area contributed by atoms with Crippen molar-refractivity contribution in [2.24, 2.45) is 0 Å². The first-order valence-electron chi connectivity index (χ1n) is 7.24. The zero-order valence-electron chi connectivity index (χ0n) is 12.9. The predicted octanol–water partition coefficient (Wildman–Crippen LogP) is 0.963. The van der Waals surface area contributed by atoms with E-state index < -0.39 is 0 Å². The Labute approximate surface area is 142 Å². The average Bonchev–Trinajstić information content (AvgIpc) is 3.08. The highest BCUT2D eigenvalue weighted by Crippen LogP contribution is 2.25. The van der Waals surface area contributed by atoms with Crippen molar-refractivity contribution in [3.63, 3.8) is 0 Å². The van der Waals surface area contributed by atoms with Crippen molar-refractivity contribution >= 4 is 5.91 Å².